The molecule has 0 aromatic heterocycles. The van der Waals surface area contributed by atoms with Crippen LogP contribution in [0.4, 0.5) is 0 Å². The van der Waals surface area contributed by atoms with Gasteiger partial charge < -0.3 is 0 Å². The molecule has 3 atom stereocenters. The summed E-state index contributed by atoms with van der Waals surface area (Å²) in [6.45, 7) is 4.95. The maximum atomic E-state index is 3.50. The van der Waals surface area contributed by atoms with Gasteiger partial charge >= 0.3 is 0 Å². The highest BCUT2D eigenvalue weighted by molar-refractivity contribution is 5.36. The zero-order valence-corrected chi connectivity index (χ0v) is 7.64. The summed E-state index contributed by atoms with van der Waals surface area (Å²) >= 11 is 0. The Morgan fingerprint density at radius 3 is 3.00 bits per heavy atom. The van der Waals surface area contributed by atoms with E-state index in [2.05, 4.69) is 23.6 Å². The molecule has 3 rings (SSSR count). The zero-order chi connectivity index (χ0) is 8.18. The summed E-state index contributed by atoms with van der Waals surface area (Å²) in [5, 5.41) is 0. The topological polar surface area (TPSA) is 3.01 Å². The van der Waals surface area contributed by atoms with Crippen molar-refractivity contribution in [2.75, 3.05) is 13.1 Å². The van der Waals surface area contributed by atoms with Crippen molar-refractivity contribution < 1.29 is 0 Å². The number of rotatable bonds is 1. The van der Waals surface area contributed by atoms with Crippen LogP contribution in [0.25, 0.3) is 0 Å². The third-order valence-corrected chi connectivity index (χ3v) is 3.70. The summed E-state index contributed by atoms with van der Waals surface area (Å²) in [5.74, 6) is 0.762. The van der Waals surface area contributed by atoms with Crippen molar-refractivity contribution in [1.82, 2.24) is 4.90 Å². The largest absolute Gasteiger partial charge is 0.290 e. The molecule has 0 bridgehead atoms. The lowest BCUT2D eigenvalue weighted by Gasteiger charge is -2.29. The van der Waals surface area contributed by atoms with Crippen molar-refractivity contribution in [2.24, 2.45) is 5.92 Å². The summed E-state index contributed by atoms with van der Waals surface area (Å²) in [6.07, 6.45) is 6.31. The maximum Gasteiger partial charge on any atom is 0.0636 e. The van der Waals surface area contributed by atoms with Crippen molar-refractivity contribution in [2.45, 2.75) is 31.7 Å². The highest BCUT2D eigenvalue weighted by Crippen LogP contribution is 2.52. The van der Waals surface area contributed by atoms with Gasteiger partial charge in [0.15, 0.2) is 0 Å². The molecule has 64 valence electrons. The van der Waals surface area contributed by atoms with Crippen LogP contribution in [0.3, 0.4) is 0 Å². The SMILES string of the molecule is CC1C=C=C(C23CCN2C3)CC1. The molecule has 2 fully saturated rings. The Bertz CT molecular complexity index is 281. The average molecular weight is 161 g/mol. The molecule has 3 unspecified atom stereocenters. The van der Waals surface area contributed by atoms with E-state index in [0.717, 1.165) is 5.92 Å². The maximum absolute atomic E-state index is 3.50. The molecule has 0 spiro atoms. The molecule has 0 radical (unpaired) electrons. The van der Waals surface area contributed by atoms with Crippen molar-refractivity contribution >= 4 is 0 Å². The first kappa shape index (κ1) is 6.94. The van der Waals surface area contributed by atoms with Gasteiger partial charge in [0, 0.05) is 13.1 Å². The molecule has 2 heterocycles. The number of fused-ring (bicyclic) bond motifs is 1. The Labute approximate surface area is 73.8 Å². The third-order valence-electron chi connectivity index (χ3n) is 3.70. The standard InChI is InChI=1S/C11H15N/c1-9-2-4-10(5-3-9)11-6-7-12(11)8-11/h2,9H,3,5-8H2,1H3. The Morgan fingerprint density at radius 2 is 2.58 bits per heavy atom. The fraction of sp³-hybridized carbons (Fsp3) is 0.727. The Hall–Kier alpha value is -0.520. The van der Waals surface area contributed by atoms with Gasteiger partial charge in [-0.25, -0.2) is 0 Å². The molecule has 12 heavy (non-hydrogen) atoms. The van der Waals surface area contributed by atoms with E-state index in [0.29, 0.717) is 5.54 Å². The van der Waals surface area contributed by atoms with Gasteiger partial charge in [0.25, 0.3) is 0 Å². The lowest BCUT2D eigenvalue weighted by Crippen LogP contribution is -2.34. The van der Waals surface area contributed by atoms with Crippen LogP contribution >= 0.6 is 0 Å². The van der Waals surface area contributed by atoms with E-state index in [-0.39, 0.29) is 0 Å². The smallest absolute Gasteiger partial charge is 0.0636 e. The molecule has 1 nitrogen and oxygen atoms in total. The normalized spacial score (nSPS) is 49.2. The fourth-order valence-electron chi connectivity index (χ4n) is 2.55. The number of nitrogens with zero attached hydrogens (tertiary/aromatic N) is 1. The van der Waals surface area contributed by atoms with Gasteiger partial charge in [-0.3, -0.25) is 4.90 Å². The van der Waals surface area contributed by atoms with Crippen LogP contribution in [0.1, 0.15) is 26.2 Å². The number of hydrogen-bond acceptors (Lipinski definition) is 1. The molecule has 0 saturated carbocycles. The Morgan fingerprint density at radius 1 is 1.67 bits per heavy atom. The predicted molar refractivity (Wildman–Crippen MR) is 48.9 cm³/mol. The van der Waals surface area contributed by atoms with Gasteiger partial charge in [-0.15, -0.1) is 5.73 Å². The molecule has 3 aliphatic rings. The Kier molecular flexibility index (Phi) is 1.18. The first-order valence-electron chi connectivity index (χ1n) is 5.02. The monoisotopic (exact) mass is 161 g/mol. The van der Waals surface area contributed by atoms with Gasteiger partial charge in [-0.05, 0) is 36.8 Å². The minimum atomic E-state index is 0.552. The van der Waals surface area contributed by atoms with Crippen LogP contribution in [-0.2, 0) is 0 Å². The van der Waals surface area contributed by atoms with E-state index >= 15 is 0 Å². The van der Waals surface area contributed by atoms with Gasteiger partial charge in [0.1, 0.15) is 0 Å². The molecule has 2 aliphatic heterocycles. The van der Waals surface area contributed by atoms with Crippen LogP contribution in [0.2, 0.25) is 0 Å². The van der Waals surface area contributed by atoms with Crippen LogP contribution in [0.15, 0.2) is 17.4 Å². The summed E-state index contributed by atoms with van der Waals surface area (Å²) in [7, 11) is 0. The van der Waals surface area contributed by atoms with E-state index in [1.807, 2.05) is 0 Å². The summed E-state index contributed by atoms with van der Waals surface area (Å²) < 4.78 is 0. The predicted octanol–water partition coefficient (Wildman–Crippen LogP) is 1.96. The minimum absolute atomic E-state index is 0.552. The van der Waals surface area contributed by atoms with Gasteiger partial charge in [-0.1, -0.05) is 6.92 Å². The molecule has 0 amide bonds. The quantitative estimate of drug-likeness (QED) is 0.419. The van der Waals surface area contributed by atoms with Crippen LogP contribution < -0.4 is 0 Å². The van der Waals surface area contributed by atoms with Gasteiger partial charge in [0.2, 0.25) is 0 Å². The molecule has 1 aliphatic carbocycles. The van der Waals surface area contributed by atoms with E-state index in [1.54, 1.807) is 5.57 Å². The van der Waals surface area contributed by atoms with E-state index < -0.39 is 0 Å². The first-order valence-corrected chi connectivity index (χ1v) is 5.02. The lowest BCUT2D eigenvalue weighted by atomic mass is 9.84. The third kappa shape index (κ3) is 0.734. The summed E-state index contributed by atoms with van der Waals surface area (Å²) in [4.78, 5) is 2.57. The van der Waals surface area contributed by atoms with Crippen LogP contribution in [0.5, 0.6) is 0 Å². The van der Waals surface area contributed by atoms with E-state index in [9.17, 15) is 0 Å². The van der Waals surface area contributed by atoms with Crippen molar-refractivity contribution in [3.63, 3.8) is 0 Å². The summed E-state index contributed by atoms with van der Waals surface area (Å²) in [5.41, 5.74) is 5.66. The number of hydrogen-bond donors (Lipinski definition) is 0. The van der Waals surface area contributed by atoms with Crippen LogP contribution in [0, 0.1) is 5.92 Å². The molecule has 0 aromatic rings. The molecule has 0 N–H and O–H groups in total. The van der Waals surface area contributed by atoms with E-state index in [4.69, 9.17) is 0 Å². The van der Waals surface area contributed by atoms with Crippen molar-refractivity contribution in [3.8, 4) is 0 Å². The highest BCUT2D eigenvalue weighted by atomic mass is 15.4. The molecular formula is C11H15N. The lowest BCUT2D eigenvalue weighted by molar-refractivity contribution is 0.296. The second kappa shape index (κ2) is 2.04. The van der Waals surface area contributed by atoms with Crippen LogP contribution in [-0.4, -0.2) is 23.5 Å². The molecule has 0 aromatic carbocycles. The average Bonchev–Trinajstić information content (AvgIpc) is 2.57. The van der Waals surface area contributed by atoms with Gasteiger partial charge in [0.05, 0.1) is 5.54 Å². The van der Waals surface area contributed by atoms with Gasteiger partial charge in [-0.2, -0.15) is 0 Å². The second-order valence-corrected chi connectivity index (χ2v) is 4.51. The van der Waals surface area contributed by atoms with Crippen molar-refractivity contribution in [1.29, 1.82) is 0 Å². The highest BCUT2D eigenvalue weighted by Gasteiger charge is 2.61. The zero-order valence-electron chi connectivity index (χ0n) is 7.64. The minimum Gasteiger partial charge on any atom is -0.290 e. The molecular weight excluding hydrogens is 146 g/mol. The molecule has 1 heteroatoms. The molecule has 2 saturated heterocycles. The second-order valence-electron chi connectivity index (χ2n) is 4.51. The van der Waals surface area contributed by atoms with Crippen molar-refractivity contribution in [3.05, 3.63) is 17.4 Å². The fourth-order valence-corrected chi connectivity index (χ4v) is 2.55. The first-order chi connectivity index (χ1) is 5.81. The Balaban J connectivity index is 1.89. The van der Waals surface area contributed by atoms with E-state index in [1.165, 1.54) is 32.4 Å². The summed E-state index contributed by atoms with van der Waals surface area (Å²) in [6, 6.07) is 0.